The summed E-state index contributed by atoms with van der Waals surface area (Å²) < 4.78 is 71.3. The number of carbonyl (C=O) groups is 6. The van der Waals surface area contributed by atoms with Gasteiger partial charge >= 0.3 is 61.5 Å². The van der Waals surface area contributed by atoms with Crippen LogP contribution in [0.2, 0.25) is 156 Å². The molecule has 9 aromatic rings. The third kappa shape index (κ3) is 47.1. The summed E-state index contributed by atoms with van der Waals surface area (Å²) >= 11 is 0. The number of nitrogens with one attached hydrogen (secondary N) is 9. The van der Waals surface area contributed by atoms with Crippen molar-refractivity contribution in [2.45, 2.75) is 268 Å². The van der Waals surface area contributed by atoms with E-state index in [9.17, 15) is 28.8 Å². The molecule has 0 saturated heterocycles. The van der Waals surface area contributed by atoms with Crippen molar-refractivity contribution < 1.29 is 81.9 Å². The van der Waals surface area contributed by atoms with Crippen molar-refractivity contribution in [3.63, 3.8) is 0 Å². The maximum atomic E-state index is 12.4. The average Bonchev–Trinajstić information content (AvgIpc) is 0.840. The number of carbonyl (C=O) groups excluding carboxylic acids is 6. The van der Waals surface area contributed by atoms with E-state index in [0.29, 0.717) is 167 Å². The van der Waals surface area contributed by atoms with Gasteiger partial charge in [0.2, 0.25) is 53.5 Å². The highest BCUT2D eigenvalue weighted by Crippen LogP contribution is 2.33. The summed E-state index contributed by atoms with van der Waals surface area (Å²) in [5.41, 5.74) is 6.85. The second kappa shape index (κ2) is 56.1. The number of ether oxygens (including phenoxy) is 6. The number of hydrogen-bond donors (Lipinski definition) is 9. The smallest absolute Gasteiger partial charge is 0.338 e. The summed E-state index contributed by atoms with van der Waals surface area (Å²) in [6.45, 7) is 64.3. The molecule has 144 heavy (non-hydrogen) atoms. The molecule has 0 fully saturated rings. The fraction of sp³-hybridized carbons (Fsp3) is 0.485. The molecule has 786 valence electrons. The summed E-state index contributed by atoms with van der Waals surface area (Å²) in [7, 11) is -18.0. The molecule has 0 atom stereocenters. The number of hydrogen-bond acceptors (Lipinski definition) is 36. The highest BCUT2D eigenvalue weighted by atomic mass is 28.5. The van der Waals surface area contributed by atoms with E-state index in [1.54, 1.807) is 159 Å². The Morgan fingerprint density at radius 3 is 0.583 bits per heavy atom. The first kappa shape index (κ1) is 120. The Balaban J connectivity index is 0.000000293. The van der Waals surface area contributed by atoms with Crippen molar-refractivity contribution in [3.05, 3.63) is 179 Å². The molecule has 9 N–H and O–H groups in total. The number of nitrogens with zero attached hydrogens (tertiary/aromatic N) is 9. The summed E-state index contributed by atoms with van der Waals surface area (Å²) in [5, 5.41) is 29.3. The van der Waals surface area contributed by atoms with Crippen molar-refractivity contribution in [3.8, 4) is 0 Å². The lowest BCUT2D eigenvalue weighted by molar-refractivity contribution is 0.0367. The zero-order valence-corrected chi connectivity index (χ0v) is 98.9. The van der Waals surface area contributed by atoms with Crippen molar-refractivity contribution in [2.75, 3.05) is 93.9 Å². The van der Waals surface area contributed by atoms with Crippen LogP contribution in [0, 0.1) is 0 Å². The molecule has 3 aromatic heterocycles. The van der Waals surface area contributed by atoms with Crippen LogP contribution in [-0.4, -0.2) is 215 Å². The molecule has 0 unspecified atom stereocenters. The zero-order valence-electron chi connectivity index (χ0n) is 89.9. The Hall–Kier alpha value is -10.9. The largest absolute Gasteiger partial charge is 0.462 e. The molecule has 0 aliphatic heterocycles. The molecule has 45 heteroatoms. The summed E-state index contributed by atoms with van der Waals surface area (Å²) in [4.78, 5) is 115. The van der Waals surface area contributed by atoms with Gasteiger partial charge < -0.3 is 101 Å². The van der Waals surface area contributed by atoms with Crippen molar-refractivity contribution in [2.24, 2.45) is 0 Å². The third-order valence-electron chi connectivity index (χ3n) is 19.3. The highest BCUT2D eigenvalue weighted by molar-refractivity contribution is 6.89. The molecule has 0 aliphatic carbocycles. The van der Waals surface area contributed by atoms with E-state index in [-0.39, 0.29) is 48.0 Å². The van der Waals surface area contributed by atoms with Crippen LogP contribution in [0.1, 0.15) is 162 Å². The lowest BCUT2D eigenvalue weighted by Gasteiger charge is -2.38. The van der Waals surface area contributed by atoms with Crippen LogP contribution in [0.25, 0.3) is 0 Å². The topological polar surface area (TPSA) is 437 Å². The predicted octanol–water partition coefficient (Wildman–Crippen LogP) is 24.2. The Labute approximate surface area is 861 Å². The molecule has 6 aromatic carbocycles. The highest BCUT2D eigenvalue weighted by Gasteiger charge is 2.43. The van der Waals surface area contributed by atoms with Gasteiger partial charge in [-0.1, -0.05) is 26.7 Å². The van der Waals surface area contributed by atoms with Crippen LogP contribution < -0.4 is 47.9 Å². The molecular formula is C99H156N18O18Si9. The van der Waals surface area contributed by atoms with Gasteiger partial charge in [-0.25, -0.2) is 28.8 Å². The van der Waals surface area contributed by atoms with Crippen LogP contribution in [0.4, 0.5) is 87.7 Å². The number of aromatic nitrogens is 9. The van der Waals surface area contributed by atoms with Crippen molar-refractivity contribution in [1.29, 1.82) is 0 Å². The van der Waals surface area contributed by atoms with Gasteiger partial charge in [-0.15, -0.1) is 0 Å². The van der Waals surface area contributed by atoms with Crippen LogP contribution in [0.5, 0.6) is 0 Å². The second-order valence-electron chi connectivity index (χ2n) is 41.2. The number of rotatable bonds is 55. The van der Waals surface area contributed by atoms with Gasteiger partial charge in [0, 0.05) is 53.8 Å². The SMILES string of the molecule is CC(C)OC(=O)c1ccc(Nc2nc(NCCC[Si](C)(O[Si](C)(C)C)O[Si](C)(C)C)nc(Nc3ccc(C(=O)OC(C)C)cc3)n2)cc1.CCCCOC(=O)c1ccc(Nc2nc(NCCC[Si](C)(O[Si](C)(C)C)O[Si](C)(C)C)nc(Nc3ccc(C(=O)OCCCC)cc3)n2)cc1.CCOC(=O)c1ccc(Nc2nc(NCCC[Si](C)(O[Si](C)(C)C)O[Si](C)(C)C)nc(Nc3ccc(C(=O)OCC)cc3)n2)cc1. The molecule has 0 amide bonds. The zero-order chi connectivity index (χ0) is 106. The maximum absolute atomic E-state index is 12.4. The quantitative estimate of drug-likeness (QED) is 0.00740. The molecule has 0 bridgehead atoms. The lowest BCUT2D eigenvalue weighted by atomic mass is 10.2. The second-order valence-corrected chi connectivity index (χ2v) is 79.8. The molecule has 0 aliphatic rings. The standard InChI is InChI=1S/C35H56N6O6Si3.C33H52N6O6Si3.C31H48N6O6Si3/c1-10-12-24-44-31(42)27-15-19-29(20-16-27)37-34-39-33(36-23-14-26-50(9,46-48(3,4)5)47-49(6,7)8)40-35(41-34)38-30-21-17-28(18-22-30)32(43)45-25-13-11-2;1-23(2)42-29(40)25-13-17-27(18-14-25)35-32-37-31(34-21-12-22-48(11,44-46(5,6)7)45-47(8,9)10)38-33(39-32)36-28-19-15-26(16-20-28)30(41)43-24(3)4;1-10-40-27(38)23-13-17-25(18-14-23)33-30-35-29(32-21-12-22-46(9,42-44(3,4)5)43-45(6,7)8)36-31(37-30)34-26-19-15-24(16-20-26)28(39)41-11-2/h15-22H,10-14,23-26H2,1-9H3,(H3,36,37,38,39,40,41);13-20,23-24H,12,21-22H2,1-11H3,(H3,34,35,36,37,38,39);13-20H,10-12,21-22H2,1-9H3,(H3,32,33,34,35,36,37). The molecular weight excluding hydrogens is 1980 g/mol. The Morgan fingerprint density at radius 1 is 0.243 bits per heavy atom. The first-order valence-electron chi connectivity index (χ1n) is 49.5. The minimum absolute atomic E-state index is 0.209. The Kier molecular flexibility index (Phi) is 46.8. The normalized spacial score (nSPS) is 12.0. The van der Waals surface area contributed by atoms with E-state index in [0.717, 1.165) is 63.1 Å². The fourth-order valence-electron chi connectivity index (χ4n) is 14.5. The lowest BCUT2D eigenvalue weighted by Crippen LogP contribution is -2.52. The molecule has 3 heterocycles. The minimum atomic E-state index is -2.39. The summed E-state index contributed by atoms with van der Waals surface area (Å²) in [5.74, 6) is 0.718. The average molecular weight is 2140 g/mol. The van der Waals surface area contributed by atoms with Crippen molar-refractivity contribution >= 4 is 199 Å². The van der Waals surface area contributed by atoms with E-state index in [4.69, 9.17) is 53.1 Å². The first-order valence-corrected chi connectivity index (χ1v) is 77.5. The minimum Gasteiger partial charge on any atom is -0.462 e. The van der Waals surface area contributed by atoms with Crippen molar-refractivity contribution in [1.82, 2.24) is 44.9 Å². The van der Waals surface area contributed by atoms with Gasteiger partial charge in [-0.2, -0.15) is 44.9 Å². The summed E-state index contributed by atoms with van der Waals surface area (Å²) in [6.07, 6.45) is 5.60. The van der Waals surface area contributed by atoms with Crippen LogP contribution in [-0.2, 0) is 53.1 Å². The van der Waals surface area contributed by atoms with Gasteiger partial charge in [-0.3, -0.25) is 0 Å². The van der Waals surface area contributed by atoms with Gasteiger partial charge in [0.25, 0.3) is 0 Å². The maximum Gasteiger partial charge on any atom is 0.338 e. The Morgan fingerprint density at radius 2 is 0.417 bits per heavy atom. The van der Waals surface area contributed by atoms with E-state index in [1.165, 1.54) is 0 Å². The van der Waals surface area contributed by atoms with E-state index >= 15 is 0 Å². The van der Waals surface area contributed by atoms with Gasteiger partial charge in [0.1, 0.15) is 0 Å². The number of anilines is 15. The molecule has 0 spiro atoms. The molecule has 36 nitrogen and oxygen atoms in total. The van der Waals surface area contributed by atoms with E-state index < -0.39 is 75.6 Å². The van der Waals surface area contributed by atoms with E-state index in [2.05, 4.69) is 230 Å². The monoisotopic (exact) mass is 2140 g/mol. The summed E-state index contributed by atoms with van der Waals surface area (Å²) in [6, 6.07) is 44.0. The number of benzene rings is 6. The Bertz CT molecular complexity index is 5250. The van der Waals surface area contributed by atoms with Gasteiger partial charge in [0.05, 0.1) is 72.0 Å². The molecule has 9 rings (SSSR count). The van der Waals surface area contributed by atoms with Crippen LogP contribution in [0.3, 0.4) is 0 Å². The third-order valence-corrected chi connectivity index (χ3v) is 48.1. The van der Waals surface area contributed by atoms with Gasteiger partial charge in [-0.05, 0) is 375 Å². The van der Waals surface area contributed by atoms with E-state index in [1.807, 2.05) is 41.5 Å². The number of esters is 6. The van der Waals surface area contributed by atoms with Gasteiger partial charge in [0.15, 0.2) is 49.9 Å². The fourth-order valence-corrected chi connectivity index (χ4v) is 52.1. The molecule has 0 radical (unpaired) electrons. The van der Waals surface area contributed by atoms with Crippen LogP contribution >= 0.6 is 0 Å². The van der Waals surface area contributed by atoms with Crippen LogP contribution in [0.15, 0.2) is 146 Å². The number of unbranched alkanes of at least 4 members (excludes halogenated alkanes) is 2. The predicted molar refractivity (Wildman–Crippen MR) is 596 cm³/mol. The molecule has 0 saturated carbocycles. The first-order chi connectivity index (χ1) is 67.4.